The molecule has 0 amide bonds. The fraction of sp³-hybridized carbons (Fsp3) is 1.00. The smallest absolute Gasteiger partial charge is 0.0824 e. The molecule has 2 fully saturated rings. The third-order valence-electron chi connectivity index (χ3n) is 3.91. The van der Waals surface area contributed by atoms with Crippen LogP contribution in [0.2, 0.25) is 0 Å². The van der Waals surface area contributed by atoms with E-state index in [9.17, 15) is 0 Å². The van der Waals surface area contributed by atoms with E-state index >= 15 is 0 Å². The summed E-state index contributed by atoms with van der Waals surface area (Å²) in [4.78, 5) is 2.55. The maximum Gasteiger partial charge on any atom is 0.0824 e. The molecule has 0 unspecified atom stereocenters. The van der Waals surface area contributed by atoms with Crippen LogP contribution in [0.5, 0.6) is 0 Å². The van der Waals surface area contributed by atoms with Crippen LogP contribution in [-0.4, -0.2) is 37.7 Å². The Morgan fingerprint density at radius 2 is 1.79 bits per heavy atom. The molecule has 2 aliphatic rings. The molecule has 1 saturated carbocycles. The number of hydrogen-bond donors (Lipinski definition) is 0. The van der Waals surface area contributed by atoms with Crippen molar-refractivity contribution in [3.05, 3.63) is 0 Å². The summed E-state index contributed by atoms with van der Waals surface area (Å²) in [6, 6.07) is 0. The molecular weight excluding hydrogens is 174 g/mol. The van der Waals surface area contributed by atoms with Gasteiger partial charge in [-0.25, -0.2) is 0 Å². The Hall–Kier alpha value is -0.0800. The molecular formula is C12H23NO. The van der Waals surface area contributed by atoms with E-state index in [0.717, 1.165) is 11.8 Å². The van der Waals surface area contributed by atoms with Crippen molar-refractivity contribution in [1.29, 1.82) is 0 Å². The molecule has 1 aliphatic carbocycles. The number of ether oxygens (including phenoxy) is 1. The van der Waals surface area contributed by atoms with Gasteiger partial charge >= 0.3 is 0 Å². The summed E-state index contributed by atoms with van der Waals surface area (Å²) in [6.07, 6.45) is 6.33. The minimum absolute atomic E-state index is 0.525. The molecule has 1 saturated heterocycles. The first-order chi connectivity index (χ1) is 6.78. The van der Waals surface area contributed by atoms with E-state index in [1.165, 1.54) is 45.3 Å². The molecule has 0 N–H and O–H groups in total. The van der Waals surface area contributed by atoms with Crippen molar-refractivity contribution in [3.63, 3.8) is 0 Å². The zero-order chi connectivity index (χ0) is 9.97. The SMILES string of the molecule is COC1CN(CC2CCC(C)CC2)C1. The molecule has 2 rings (SSSR count). The van der Waals surface area contributed by atoms with Gasteiger partial charge in [0.1, 0.15) is 0 Å². The molecule has 0 spiro atoms. The third-order valence-corrected chi connectivity index (χ3v) is 3.91. The topological polar surface area (TPSA) is 12.5 Å². The zero-order valence-electron chi connectivity index (χ0n) is 9.54. The van der Waals surface area contributed by atoms with Gasteiger partial charge in [-0.15, -0.1) is 0 Å². The number of hydrogen-bond acceptors (Lipinski definition) is 2. The van der Waals surface area contributed by atoms with Crippen LogP contribution < -0.4 is 0 Å². The second-order valence-corrected chi connectivity index (χ2v) is 5.20. The van der Waals surface area contributed by atoms with Crippen molar-refractivity contribution in [1.82, 2.24) is 4.90 Å². The molecule has 0 aromatic heterocycles. The monoisotopic (exact) mass is 197 g/mol. The highest BCUT2D eigenvalue weighted by Gasteiger charge is 2.29. The number of methoxy groups -OCH3 is 1. The Morgan fingerprint density at radius 3 is 2.36 bits per heavy atom. The molecule has 1 heterocycles. The summed E-state index contributed by atoms with van der Waals surface area (Å²) in [5.74, 6) is 1.96. The van der Waals surface area contributed by atoms with Crippen LogP contribution in [0.15, 0.2) is 0 Å². The van der Waals surface area contributed by atoms with E-state index in [4.69, 9.17) is 4.74 Å². The Kier molecular flexibility index (Phi) is 3.45. The number of nitrogens with zero attached hydrogens (tertiary/aromatic N) is 1. The molecule has 0 aromatic rings. The first-order valence-electron chi connectivity index (χ1n) is 6.03. The fourth-order valence-corrected chi connectivity index (χ4v) is 2.70. The summed E-state index contributed by atoms with van der Waals surface area (Å²) < 4.78 is 5.28. The number of likely N-dealkylation sites (tertiary alicyclic amines) is 1. The van der Waals surface area contributed by atoms with E-state index in [-0.39, 0.29) is 0 Å². The van der Waals surface area contributed by atoms with Crippen LogP contribution in [0.25, 0.3) is 0 Å². The second kappa shape index (κ2) is 4.63. The summed E-state index contributed by atoms with van der Waals surface area (Å²) in [7, 11) is 1.82. The van der Waals surface area contributed by atoms with Gasteiger partial charge in [0.25, 0.3) is 0 Å². The normalized spacial score (nSPS) is 35.6. The lowest BCUT2D eigenvalue weighted by Crippen LogP contribution is -2.53. The maximum atomic E-state index is 5.28. The largest absolute Gasteiger partial charge is 0.379 e. The number of rotatable bonds is 3. The Labute approximate surface area is 87.6 Å². The van der Waals surface area contributed by atoms with Crippen LogP contribution in [-0.2, 0) is 4.74 Å². The summed E-state index contributed by atoms with van der Waals surface area (Å²) in [6.45, 7) is 6.05. The summed E-state index contributed by atoms with van der Waals surface area (Å²) >= 11 is 0. The van der Waals surface area contributed by atoms with Crippen molar-refractivity contribution >= 4 is 0 Å². The quantitative estimate of drug-likeness (QED) is 0.687. The molecule has 14 heavy (non-hydrogen) atoms. The predicted molar refractivity (Wildman–Crippen MR) is 58.4 cm³/mol. The van der Waals surface area contributed by atoms with Gasteiger partial charge in [-0.1, -0.05) is 19.8 Å². The average Bonchev–Trinajstić information content (AvgIpc) is 2.13. The second-order valence-electron chi connectivity index (χ2n) is 5.20. The lowest BCUT2D eigenvalue weighted by Gasteiger charge is -2.41. The van der Waals surface area contributed by atoms with Gasteiger partial charge in [-0.3, -0.25) is 4.90 Å². The van der Waals surface area contributed by atoms with Gasteiger partial charge in [0.15, 0.2) is 0 Å². The maximum absolute atomic E-state index is 5.28. The third kappa shape index (κ3) is 2.48. The zero-order valence-corrected chi connectivity index (χ0v) is 9.54. The van der Waals surface area contributed by atoms with E-state index < -0.39 is 0 Å². The van der Waals surface area contributed by atoms with E-state index in [1.807, 2.05) is 7.11 Å². The molecule has 2 heteroatoms. The highest BCUT2D eigenvalue weighted by atomic mass is 16.5. The highest BCUT2D eigenvalue weighted by molar-refractivity contribution is 4.83. The van der Waals surface area contributed by atoms with Crippen LogP contribution in [0.4, 0.5) is 0 Å². The molecule has 0 atom stereocenters. The van der Waals surface area contributed by atoms with E-state index in [0.29, 0.717) is 6.10 Å². The van der Waals surface area contributed by atoms with E-state index in [2.05, 4.69) is 11.8 Å². The molecule has 1 aliphatic heterocycles. The van der Waals surface area contributed by atoms with Gasteiger partial charge in [0.05, 0.1) is 6.10 Å². The standard InChI is InChI=1S/C12H23NO/c1-10-3-5-11(6-4-10)7-13-8-12(9-13)14-2/h10-12H,3-9H2,1-2H3. The van der Waals surface area contributed by atoms with Crippen LogP contribution in [0.3, 0.4) is 0 Å². The van der Waals surface area contributed by atoms with Crippen LogP contribution in [0.1, 0.15) is 32.6 Å². The van der Waals surface area contributed by atoms with Gasteiger partial charge in [0, 0.05) is 26.7 Å². The molecule has 2 nitrogen and oxygen atoms in total. The van der Waals surface area contributed by atoms with Crippen LogP contribution >= 0.6 is 0 Å². The first kappa shape index (κ1) is 10.4. The lowest BCUT2D eigenvalue weighted by atomic mass is 9.82. The predicted octanol–water partition coefficient (Wildman–Crippen LogP) is 2.14. The molecule has 0 bridgehead atoms. The molecule has 0 aromatic carbocycles. The van der Waals surface area contributed by atoms with Crippen molar-refractivity contribution < 1.29 is 4.74 Å². The highest BCUT2D eigenvalue weighted by Crippen LogP contribution is 2.29. The molecule has 82 valence electrons. The fourth-order valence-electron chi connectivity index (χ4n) is 2.70. The van der Waals surface area contributed by atoms with Crippen molar-refractivity contribution in [2.45, 2.75) is 38.7 Å². The Bertz CT molecular complexity index is 169. The summed E-state index contributed by atoms with van der Waals surface area (Å²) in [5, 5.41) is 0. The Balaban J connectivity index is 1.62. The van der Waals surface area contributed by atoms with Gasteiger partial charge < -0.3 is 4.74 Å². The first-order valence-corrected chi connectivity index (χ1v) is 6.03. The average molecular weight is 197 g/mol. The van der Waals surface area contributed by atoms with Crippen molar-refractivity contribution in [2.24, 2.45) is 11.8 Å². The van der Waals surface area contributed by atoms with Crippen molar-refractivity contribution in [2.75, 3.05) is 26.7 Å². The lowest BCUT2D eigenvalue weighted by molar-refractivity contribution is -0.0384. The van der Waals surface area contributed by atoms with Gasteiger partial charge in [0.2, 0.25) is 0 Å². The van der Waals surface area contributed by atoms with Crippen molar-refractivity contribution in [3.8, 4) is 0 Å². The Morgan fingerprint density at radius 1 is 1.14 bits per heavy atom. The molecule has 0 radical (unpaired) electrons. The van der Waals surface area contributed by atoms with E-state index in [1.54, 1.807) is 0 Å². The van der Waals surface area contributed by atoms with Gasteiger partial charge in [-0.2, -0.15) is 0 Å². The van der Waals surface area contributed by atoms with Gasteiger partial charge in [-0.05, 0) is 24.7 Å². The van der Waals surface area contributed by atoms with Crippen LogP contribution in [0, 0.1) is 11.8 Å². The summed E-state index contributed by atoms with van der Waals surface area (Å²) in [5.41, 5.74) is 0. The minimum atomic E-state index is 0.525. The minimum Gasteiger partial charge on any atom is -0.379 e.